The third kappa shape index (κ3) is 4.49. The molecule has 0 fully saturated rings. The second-order valence-electron chi connectivity index (χ2n) is 6.77. The number of fused-ring (bicyclic) bond motifs is 1. The maximum atomic E-state index is 12.5. The molecular formula is C22H19N3O4S. The number of benzene rings is 2. The Labute approximate surface area is 173 Å². The van der Waals surface area contributed by atoms with Crippen LogP contribution in [0.3, 0.4) is 0 Å². The number of sulfone groups is 1. The fourth-order valence-corrected chi connectivity index (χ4v) is 3.56. The van der Waals surface area contributed by atoms with Gasteiger partial charge in [-0.3, -0.25) is 4.79 Å². The summed E-state index contributed by atoms with van der Waals surface area (Å²) in [5.41, 5.74) is 2.57. The van der Waals surface area contributed by atoms with Gasteiger partial charge in [-0.15, -0.1) is 0 Å². The van der Waals surface area contributed by atoms with Crippen LogP contribution in [0, 0.1) is 0 Å². The normalized spacial score (nSPS) is 11.4. The Hall–Kier alpha value is -3.65. The van der Waals surface area contributed by atoms with Crippen molar-refractivity contribution in [3.8, 4) is 5.75 Å². The first kappa shape index (κ1) is 19.7. The van der Waals surface area contributed by atoms with E-state index in [1.54, 1.807) is 24.3 Å². The van der Waals surface area contributed by atoms with Crippen LogP contribution in [-0.2, 0) is 16.4 Å². The molecule has 152 valence electrons. The molecule has 2 aromatic heterocycles. The number of nitrogens with one attached hydrogen (secondary N) is 1. The molecule has 1 N–H and O–H groups in total. The van der Waals surface area contributed by atoms with Crippen molar-refractivity contribution in [3.63, 3.8) is 0 Å². The number of rotatable bonds is 6. The van der Waals surface area contributed by atoms with E-state index in [2.05, 4.69) is 10.3 Å². The van der Waals surface area contributed by atoms with Gasteiger partial charge in [0.25, 0.3) is 5.91 Å². The number of carbonyl (C=O) groups is 1. The van der Waals surface area contributed by atoms with Crippen molar-refractivity contribution < 1.29 is 17.9 Å². The summed E-state index contributed by atoms with van der Waals surface area (Å²) in [7, 11) is -3.30. The average molecular weight is 421 g/mol. The van der Waals surface area contributed by atoms with Crippen LogP contribution in [0.1, 0.15) is 16.1 Å². The number of hydrogen-bond donors (Lipinski definition) is 1. The molecule has 30 heavy (non-hydrogen) atoms. The summed E-state index contributed by atoms with van der Waals surface area (Å²) >= 11 is 0. The number of nitrogens with zero attached hydrogens (tertiary/aromatic N) is 2. The zero-order chi connectivity index (χ0) is 21.1. The van der Waals surface area contributed by atoms with Crippen LogP contribution in [0.15, 0.2) is 84.0 Å². The molecule has 2 aromatic carbocycles. The molecule has 0 saturated heterocycles. The van der Waals surface area contributed by atoms with Crippen LogP contribution < -0.4 is 10.1 Å². The van der Waals surface area contributed by atoms with E-state index in [9.17, 15) is 13.2 Å². The number of carbonyl (C=O) groups excluding carboxylic acids is 1. The van der Waals surface area contributed by atoms with E-state index < -0.39 is 9.84 Å². The van der Waals surface area contributed by atoms with Gasteiger partial charge in [0.1, 0.15) is 18.0 Å². The maximum Gasteiger partial charge on any atom is 0.255 e. The number of ether oxygens (including phenoxy) is 1. The lowest BCUT2D eigenvalue weighted by Crippen LogP contribution is -2.12. The highest BCUT2D eigenvalue weighted by Crippen LogP contribution is 2.20. The van der Waals surface area contributed by atoms with Gasteiger partial charge in [-0.05, 0) is 48.5 Å². The predicted octanol–water partition coefficient (Wildman–Crippen LogP) is 3.57. The van der Waals surface area contributed by atoms with Gasteiger partial charge in [0.2, 0.25) is 0 Å². The van der Waals surface area contributed by atoms with Crippen molar-refractivity contribution >= 4 is 27.1 Å². The van der Waals surface area contributed by atoms with Crippen LogP contribution in [0.25, 0.3) is 5.65 Å². The summed E-state index contributed by atoms with van der Waals surface area (Å²) in [5, 5.41) is 2.79. The maximum absolute atomic E-state index is 12.5. The highest BCUT2D eigenvalue weighted by atomic mass is 32.2. The summed E-state index contributed by atoms with van der Waals surface area (Å²) < 4.78 is 30.8. The minimum absolute atomic E-state index is 0.168. The van der Waals surface area contributed by atoms with Gasteiger partial charge in [-0.1, -0.05) is 12.1 Å². The molecule has 0 radical (unpaired) electrons. The number of imidazole rings is 1. The van der Waals surface area contributed by atoms with E-state index in [1.165, 1.54) is 24.3 Å². The number of amides is 1. The van der Waals surface area contributed by atoms with E-state index in [1.807, 2.05) is 35.0 Å². The van der Waals surface area contributed by atoms with Gasteiger partial charge in [-0.2, -0.15) is 0 Å². The molecule has 4 rings (SSSR count). The molecule has 0 saturated carbocycles. The van der Waals surface area contributed by atoms with Crippen molar-refractivity contribution in [2.45, 2.75) is 11.5 Å². The lowest BCUT2D eigenvalue weighted by Gasteiger charge is -2.09. The van der Waals surface area contributed by atoms with Crippen molar-refractivity contribution in [1.29, 1.82) is 0 Å². The fourth-order valence-electron chi connectivity index (χ4n) is 2.93. The van der Waals surface area contributed by atoms with Gasteiger partial charge in [0, 0.05) is 36.0 Å². The minimum atomic E-state index is -3.30. The number of hydrogen-bond acceptors (Lipinski definition) is 5. The van der Waals surface area contributed by atoms with Crippen LogP contribution >= 0.6 is 0 Å². The van der Waals surface area contributed by atoms with Gasteiger partial charge < -0.3 is 14.5 Å². The second-order valence-corrected chi connectivity index (χ2v) is 8.78. The SMILES string of the molecule is CS(=O)(=O)c1ccc(C(=O)Nc2cccc(OCc3cn4ccccc4n3)c2)cc1. The van der Waals surface area contributed by atoms with E-state index in [4.69, 9.17) is 4.74 Å². The highest BCUT2D eigenvalue weighted by molar-refractivity contribution is 7.90. The third-order valence-electron chi connectivity index (χ3n) is 4.44. The molecule has 7 nitrogen and oxygen atoms in total. The highest BCUT2D eigenvalue weighted by Gasteiger charge is 2.11. The predicted molar refractivity (Wildman–Crippen MR) is 113 cm³/mol. The van der Waals surface area contributed by atoms with Crippen LogP contribution in [0.4, 0.5) is 5.69 Å². The first-order chi connectivity index (χ1) is 14.4. The Morgan fingerprint density at radius 2 is 1.87 bits per heavy atom. The molecule has 0 bridgehead atoms. The van der Waals surface area contributed by atoms with Gasteiger partial charge in [0.15, 0.2) is 9.84 Å². The largest absolute Gasteiger partial charge is 0.487 e. The summed E-state index contributed by atoms with van der Waals surface area (Å²) in [6, 6.07) is 18.6. The molecule has 0 atom stereocenters. The van der Waals surface area contributed by atoms with E-state index in [-0.39, 0.29) is 10.8 Å². The second kappa shape index (κ2) is 8.00. The molecule has 0 spiro atoms. The Morgan fingerprint density at radius 3 is 2.60 bits per heavy atom. The Kier molecular flexibility index (Phi) is 5.24. The molecule has 0 aliphatic heterocycles. The monoisotopic (exact) mass is 421 g/mol. The zero-order valence-electron chi connectivity index (χ0n) is 16.1. The molecule has 0 unspecified atom stereocenters. The lowest BCUT2D eigenvalue weighted by molar-refractivity contribution is 0.102. The number of aromatic nitrogens is 2. The Balaban J connectivity index is 1.42. The quantitative estimate of drug-likeness (QED) is 0.514. The summed E-state index contributed by atoms with van der Waals surface area (Å²) in [6.07, 6.45) is 4.95. The minimum Gasteiger partial charge on any atom is -0.487 e. The standard InChI is InChI=1S/C22H19N3O4S/c1-30(27,28)20-10-8-16(9-11-20)22(26)24-17-5-4-6-19(13-17)29-15-18-14-25-12-3-2-7-21(25)23-18/h2-14H,15H2,1H3,(H,24,26). The Bertz CT molecular complexity index is 1280. The van der Waals surface area contributed by atoms with Crippen molar-refractivity contribution in [1.82, 2.24) is 9.38 Å². The van der Waals surface area contributed by atoms with Gasteiger partial charge in [-0.25, -0.2) is 13.4 Å². The average Bonchev–Trinajstić information content (AvgIpc) is 3.15. The zero-order valence-corrected chi connectivity index (χ0v) is 17.0. The first-order valence-electron chi connectivity index (χ1n) is 9.15. The van der Waals surface area contributed by atoms with Crippen LogP contribution in [-0.4, -0.2) is 30.0 Å². The van der Waals surface area contributed by atoms with E-state index in [0.29, 0.717) is 23.6 Å². The van der Waals surface area contributed by atoms with Crippen LogP contribution in [0.2, 0.25) is 0 Å². The summed E-state index contributed by atoms with van der Waals surface area (Å²) in [6.45, 7) is 0.298. The van der Waals surface area contributed by atoms with Crippen molar-refractivity contribution in [3.05, 3.63) is 90.4 Å². The topological polar surface area (TPSA) is 89.8 Å². The van der Waals surface area contributed by atoms with Gasteiger partial charge in [0.05, 0.1) is 10.6 Å². The molecule has 2 heterocycles. The summed E-state index contributed by atoms with van der Waals surface area (Å²) in [5.74, 6) is 0.254. The molecule has 0 aliphatic carbocycles. The van der Waals surface area contributed by atoms with Gasteiger partial charge >= 0.3 is 0 Å². The third-order valence-corrected chi connectivity index (χ3v) is 5.57. The lowest BCUT2D eigenvalue weighted by atomic mass is 10.2. The van der Waals surface area contributed by atoms with Crippen molar-refractivity contribution in [2.75, 3.05) is 11.6 Å². The smallest absolute Gasteiger partial charge is 0.255 e. The Morgan fingerprint density at radius 1 is 1.07 bits per heavy atom. The molecule has 8 heteroatoms. The fraction of sp³-hybridized carbons (Fsp3) is 0.0909. The summed E-state index contributed by atoms with van der Waals surface area (Å²) in [4.78, 5) is 17.1. The van der Waals surface area contributed by atoms with E-state index in [0.717, 1.165) is 17.6 Å². The van der Waals surface area contributed by atoms with Crippen molar-refractivity contribution in [2.24, 2.45) is 0 Å². The molecule has 1 amide bonds. The first-order valence-corrected chi connectivity index (χ1v) is 11.0. The molecular weight excluding hydrogens is 402 g/mol. The number of anilines is 1. The van der Waals surface area contributed by atoms with Crippen LogP contribution in [0.5, 0.6) is 5.75 Å². The van der Waals surface area contributed by atoms with E-state index >= 15 is 0 Å². The molecule has 4 aromatic rings. The number of pyridine rings is 1. The molecule has 0 aliphatic rings.